The lowest BCUT2D eigenvalue weighted by Crippen LogP contribution is -2.23. The Morgan fingerprint density at radius 2 is 2.10 bits per heavy atom. The predicted octanol–water partition coefficient (Wildman–Crippen LogP) is 2.95. The van der Waals surface area contributed by atoms with E-state index in [1.165, 1.54) is 29.3 Å². The number of aromatic nitrogens is 3. The van der Waals surface area contributed by atoms with Gasteiger partial charge in [0.1, 0.15) is 11.6 Å². The van der Waals surface area contributed by atoms with Gasteiger partial charge in [-0.15, -0.1) is 10.2 Å². The number of benzene rings is 1. The Bertz CT molecular complexity index is 1080. The van der Waals surface area contributed by atoms with E-state index in [0.717, 1.165) is 24.3 Å². The minimum absolute atomic E-state index is 0.103. The molecule has 3 N–H and O–H groups in total. The fourth-order valence-electron chi connectivity index (χ4n) is 3.65. The number of furan rings is 1. The molecular weight excluding hydrogens is 414 g/mol. The normalized spacial score (nSPS) is 13.7. The van der Waals surface area contributed by atoms with Gasteiger partial charge in [0.05, 0.1) is 18.1 Å². The molecule has 1 aliphatic rings. The van der Waals surface area contributed by atoms with Crippen molar-refractivity contribution in [1.29, 1.82) is 0 Å². The second-order valence-electron chi connectivity index (χ2n) is 7.62. The molecule has 0 bridgehead atoms. The summed E-state index contributed by atoms with van der Waals surface area (Å²) in [4.78, 5) is 24.0. The van der Waals surface area contributed by atoms with Crippen LogP contribution in [0.1, 0.15) is 42.5 Å². The molecule has 162 valence electrons. The van der Waals surface area contributed by atoms with E-state index in [-0.39, 0.29) is 12.3 Å². The third-order valence-electron chi connectivity index (χ3n) is 5.30. The lowest BCUT2D eigenvalue weighted by molar-refractivity contribution is -0.118. The highest BCUT2D eigenvalue weighted by Gasteiger charge is 2.22. The quantitative estimate of drug-likeness (QED) is 0.495. The van der Waals surface area contributed by atoms with Crippen molar-refractivity contribution in [3.05, 3.63) is 59.3 Å². The number of carbonyl (C=O) groups is 2. The molecule has 3 aromatic rings. The minimum Gasteiger partial charge on any atom is -0.467 e. The number of primary amides is 1. The smallest absolute Gasteiger partial charge is 0.237 e. The highest BCUT2D eigenvalue weighted by molar-refractivity contribution is 8.00. The van der Waals surface area contributed by atoms with E-state index in [9.17, 15) is 9.59 Å². The lowest BCUT2D eigenvalue weighted by Gasteiger charge is -2.14. The lowest BCUT2D eigenvalue weighted by atomic mass is 10.1. The maximum Gasteiger partial charge on any atom is 0.237 e. The van der Waals surface area contributed by atoms with Crippen LogP contribution < -0.4 is 11.1 Å². The Kier molecular flexibility index (Phi) is 6.41. The average Bonchev–Trinajstić information content (AvgIpc) is 3.49. The Balaban J connectivity index is 1.46. The average molecular weight is 440 g/mol. The first-order chi connectivity index (χ1) is 15.0. The highest BCUT2D eigenvalue weighted by atomic mass is 32.2. The van der Waals surface area contributed by atoms with Gasteiger partial charge in [-0.05, 0) is 61.6 Å². The molecule has 0 saturated carbocycles. The van der Waals surface area contributed by atoms with E-state index in [0.29, 0.717) is 23.9 Å². The van der Waals surface area contributed by atoms with Crippen molar-refractivity contribution >= 4 is 29.3 Å². The Hall–Kier alpha value is -3.07. The standard InChI is InChI=1S/C22H25N5O3S/c1-14(21(29)24-17-8-7-15-4-2-5-16(15)12-17)31-22-26-25-20(10-9-19(23)28)27(22)13-18-6-3-11-30-18/h3,6-8,11-12,14H,2,4-5,9-10,13H2,1H3,(H2,23,28)(H,24,29). The summed E-state index contributed by atoms with van der Waals surface area (Å²) >= 11 is 1.32. The molecule has 31 heavy (non-hydrogen) atoms. The van der Waals surface area contributed by atoms with Crippen molar-refractivity contribution in [2.45, 2.75) is 56.0 Å². The van der Waals surface area contributed by atoms with Crippen LogP contribution in [0.25, 0.3) is 0 Å². The van der Waals surface area contributed by atoms with E-state index in [4.69, 9.17) is 10.2 Å². The molecule has 0 radical (unpaired) electrons. The third kappa shape index (κ3) is 5.16. The second-order valence-corrected chi connectivity index (χ2v) is 8.92. The highest BCUT2D eigenvalue weighted by Crippen LogP contribution is 2.27. The van der Waals surface area contributed by atoms with Gasteiger partial charge < -0.3 is 15.5 Å². The number of nitrogens with one attached hydrogen (secondary N) is 1. The van der Waals surface area contributed by atoms with Crippen molar-refractivity contribution in [2.24, 2.45) is 5.73 Å². The molecule has 0 saturated heterocycles. The van der Waals surface area contributed by atoms with Crippen LogP contribution in [0.2, 0.25) is 0 Å². The Morgan fingerprint density at radius 1 is 1.26 bits per heavy atom. The summed E-state index contributed by atoms with van der Waals surface area (Å²) in [5.41, 5.74) is 8.79. The van der Waals surface area contributed by atoms with Crippen molar-refractivity contribution in [2.75, 3.05) is 5.32 Å². The van der Waals surface area contributed by atoms with Crippen LogP contribution in [0.5, 0.6) is 0 Å². The fraction of sp³-hybridized carbons (Fsp3) is 0.364. The van der Waals surface area contributed by atoms with E-state index >= 15 is 0 Å². The number of anilines is 1. The zero-order valence-corrected chi connectivity index (χ0v) is 18.2. The van der Waals surface area contributed by atoms with Gasteiger partial charge in [-0.2, -0.15) is 0 Å². The van der Waals surface area contributed by atoms with Gasteiger partial charge in [0, 0.05) is 18.5 Å². The first-order valence-electron chi connectivity index (χ1n) is 10.3. The number of thioether (sulfide) groups is 1. The molecule has 0 fully saturated rings. The molecule has 2 amide bonds. The zero-order valence-electron chi connectivity index (χ0n) is 17.3. The molecule has 0 spiro atoms. The first kappa shape index (κ1) is 21.2. The maximum absolute atomic E-state index is 12.8. The van der Waals surface area contributed by atoms with Gasteiger partial charge >= 0.3 is 0 Å². The van der Waals surface area contributed by atoms with Crippen LogP contribution in [0.15, 0.2) is 46.2 Å². The molecule has 1 unspecified atom stereocenters. The van der Waals surface area contributed by atoms with Gasteiger partial charge in [-0.1, -0.05) is 17.8 Å². The van der Waals surface area contributed by atoms with Crippen LogP contribution in [0.3, 0.4) is 0 Å². The van der Waals surface area contributed by atoms with Gasteiger partial charge in [-0.3, -0.25) is 14.2 Å². The predicted molar refractivity (Wildman–Crippen MR) is 118 cm³/mol. The second kappa shape index (κ2) is 9.38. The molecule has 1 aromatic carbocycles. The van der Waals surface area contributed by atoms with Crippen LogP contribution in [-0.2, 0) is 35.4 Å². The van der Waals surface area contributed by atoms with Crippen LogP contribution in [-0.4, -0.2) is 31.8 Å². The fourth-order valence-corrected chi connectivity index (χ4v) is 4.52. The number of hydrogen-bond donors (Lipinski definition) is 2. The summed E-state index contributed by atoms with van der Waals surface area (Å²) in [7, 11) is 0. The number of nitrogens with two attached hydrogens (primary N) is 1. The number of rotatable bonds is 9. The van der Waals surface area contributed by atoms with E-state index in [2.05, 4.69) is 27.6 Å². The first-order valence-corrected chi connectivity index (χ1v) is 11.2. The summed E-state index contributed by atoms with van der Waals surface area (Å²) in [6.07, 6.45) is 5.49. The molecule has 0 aliphatic heterocycles. The number of hydrogen-bond acceptors (Lipinski definition) is 6. The summed E-state index contributed by atoms with van der Waals surface area (Å²) < 4.78 is 7.32. The van der Waals surface area contributed by atoms with Crippen molar-refractivity contribution in [3.63, 3.8) is 0 Å². The number of nitrogens with zero attached hydrogens (tertiary/aromatic N) is 3. The number of fused-ring (bicyclic) bond motifs is 1. The monoisotopic (exact) mass is 439 g/mol. The van der Waals surface area contributed by atoms with Crippen molar-refractivity contribution < 1.29 is 14.0 Å². The van der Waals surface area contributed by atoms with Gasteiger partial charge in [0.25, 0.3) is 0 Å². The molecule has 2 heterocycles. The van der Waals surface area contributed by atoms with E-state index < -0.39 is 11.2 Å². The van der Waals surface area contributed by atoms with E-state index in [1.54, 1.807) is 6.26 Å². The Morgan fingerprint density at radius 3 is 2.87 bits per heavy atom. The summed E-state index contributed by atoms with van der Waals surface area (Å²) in [5.74, 6) is 0.860. The minimum atomic E-state index is -0.399. The van der Waals surface area contributed by atoms with Crippen LogP contribution in [0, 0.1) is 0 Å². The topological polar surface area (TPSA) is 116 Å². The molecule has 1 aliphatic carbocycles. The molecule has 1 atom stereocenters. The SMILES string of the molecule is CC(Sc1nnc(CCC(N)=O)n1Cc1ccco1)C(=O)Nc1ccc2c(c1)CCC2. The van der Waals surface area contributed by atoms with Crippen LogP contribution >= 0.6 is 11.8 Å². The van der Waals surface area contributed by atoms with E-state index in [1.807, 2.05) is 29.7 Å². The summed E-state index contributed by atoms with van der Waals surface area (Å²) in [6.45, 7) is 2.25. The summed E-state index contributed by atoms with van der Waals surface area (Å²) in [6, 6.07) is 9.79. The zero-order chi connectivity index (χ0) is 21.8. The molecule has 2 aromatic heterocycles. The largest absolute Gasteiger partial charge is 0.467 e. The molecule has 9 heteroatoms. The number of carbonyl (C=O) groups excluding carboxylic acids is 2. The van der Waals surface area contributed by atoms with Gasteiger partial charge in [0.2, 0.25) is 11.8 Å². The summed E-state index contributed by atoms with van der Waals surface area (Å²) in [5, 5.41) is 11.7. The Labute approximate surface area is 184 Å². The number of aryl methyl sites for hydroxylation is 3. The van der Waals surface area contributed by atoms with Gasteiger partial charge in [-0.25, -0.2) is 0 Å². The third-order valence-corrected chi connectivity index (χ3v) is 6.38. The van der Waals surface area contributed by atoms with Crippen molar-refractivity contribution in [1.82, 2.24) is 14.8 Å². The molecule has 8 nitrogen and oxygen atoms in total. The molecule has 4 rings (SSSR count). The van der Waals surface area contributed by atoms with Crippen molar-refractivity contribution in [3.8, 4) is 0 Å². The maximum atomic E-state index is 12.8. The van der Waals surface area contributed by atoms with Crippen LogP contribution in [0.4, 0.5) is 5.69 Å². The number of amides is 2. The van der Waals surface area contributed by atoms with Gasteiger partial charge in [0.15, 0.2) is 5.16 Å². The molecular formula is C22H25N5O3S.